The second kappa shape index (κ2) is 11.2. The highest BCUT2D eigenvalue weighted by atomic mass is 35.5. The van der Waals surface area contributed by atoms with Gasteiger partial charge in [-0.25, -0.2) is 0 Å². The Hall–Kier alpha value is -1.97. The van der Waals surface area contributed by atoms with E-state index >= 15 is 0 Å². The first-order chi connectivity index (χ1) is 15.3. The lowest BCUT2D eigenvalue weighted by Crippen LogP contribution is -2.18. The van der Waals surface area contributed by atoms with Gasteiger partial charge in [-0.15, -0.1) is 10.2 Å². The Morgan fingerprint density at radius 2 is 1.75 bits per heavy atom. The van der Waals surface area contributed by atoms with E-state index in [1.165, 1.54) is 11.8 Å². The topological polar surface area (TPSA) is 88.9 Å². The summed E-state index contributed by atoms with van der Waals surface area (Å²) >= 11 is 25.1. The van der Waals surface area contributed by atoms with Gasteiger partial charge in [0, 0.05) is 12.2 Å². The molecule has 1 aromatic heterocycles. The largest absolute Gasteiger partial charge is 0.325 e. The lowest BCUT2D eigenvalue weighted by molar-refractivity contribution is -0.116. The average Bonchev–Trinajstić information content (AvgIpc) is 3.13. The summed E-state index contributed by atoms with van der Waals surface area (Å²) in [5.74, 6) is 0.0116. The van der Waals surface area contributed by atoms with Crippen molar-refractivity contribution >= 4 is 81.4 Å². The Bertz CT molecular complexity index is 1160. The first kappa shape index (κ1) is 24.7. The number of benzene rings is 2. The summed E-state index contributed by atoms with van der Waals surface area (Å²) in [6, 6.07) is 9.82. The summed E-state index contributed by atoms with van der Waals surface area (Å²) in [5.41, 5.74) is 0.958. The van der Waals surface area contributed by atoms with Crippen LogP contribution in [0.2, 0.25) is 20.1 Å². The maximum atomic E-state index is 12.5. The zero-order chi connectivity index (χ0) is 23.3. The summed E-state index contributed by atoms with van der Waals surface area (Å²) in [6.45, 7) is 2.43. The van der Waals surface area contributed by atoms with Crippen molar-refractivity contribution in [2.45, 2.75) is 25.0 Å². The van der Waals surface area contributed by atoms with Crippen LogP contribution in [0.25, 0.3) is 0 Å². The molecule has 2 N–H and O–H groups in total. The van der Waals surface area contributed by atoms with Gasteiger partial charge in [0.15, 0.2) is 5.16 Å². The fourth-order valence-corrected chi connectivity index (χ4v) is 4.18. The molecule has 12 heteroatoms. The van der Waals surface area contributed by atoms with Gasteiger partial charge < -0.3 is 15.2 Å². The highest BCUT2D eigenvalue weighted by molar-refractivity contribution is 7.99. The molecule has 7 nitrogen and oxygen atoms in total. The van der Waals surface area contributed by atoms with Gasteiger partial charge in [0.25, 0.3) is 0 Å². The molecule has 0 saturated heterocycles. The summed E-state index contributed by atoms with van der Waals surface area (Å²) in [5, 5.41) is 15.6. The number of thioether (sulfide) groups is 1. The quantitative estimate of drug-likeness (QED) is 0.356. The standard InChI is InChI=1S/C20H17Cl4N5O2S/c1-2-29-16(9-17(30)26-15-5-3-4-13(22)19(15)24)27-28-20(29)32-10-18(31)25-11-6-7-12(21)14(23)8-11/h3-8H,2,9-10H2,1H3,(H,25,31)(H,26,30). The van der Waals surface area contributed by atoms with Crippen LogP contribution in [0.5, 0.6) is 0 Å². The first-order valence-corrected chi connectivity index (χ1v) is 11.8. The molecule has 32 heavy (non-hydrogen) atoms. The fourth-order valence-electron chi connectivity index (χ4n) is 2.71. The number of hydrogen-bond acceptors (Lipinski definition) is 5. The predicted molar refractivity (Wildman–Crippen MR) is 130 cm³/mol. The van der Waals surface area contributed by atoms with Crippen LogP contribution >= 0.6 is 58.2 Å². The van der Waals surface area contributed by atoms with Crippen molar-refractivity contribution < 1.29 is 9.59 Å². The number of hydrogen-bond donors (Lipinski definition) is 2. The van der Waals surface area contributed by atoms with Gasteiger partial charge in [0.05, 0.1) is 38.0 Å². The van der Waals surface area contributed by atoms with Crippen molar-refractivity contribution in [2.75, 3.05) is 16.4 Å². The van der Waals surface area contributed by atoms with Crippen LogP contribution in [0.3, 0.4) is 0 Å². The van der Waals surface area contributed by atoms with Crippen LogP contribution in [-0.2, 0) is 22.6 Å². The van der Waals surface area contributed by atoms with Gasteiger partial charge in [-0.3, -0.25) is 9.59 Å². The Balaban J connectivity index is 1.60. The van der Waals surface area contributed by atoms with E-state index in [1.807, 2.05) is 6.92 Å². The molecule has 0 aliphatic rings. The van der Waals surface area contributed by atoms with E-state index in [0.717, 1.165) is 0 Å². The van der Waals surface area contributed by atoms with Gasteiger partial charge in [-0.2, -0.15) is 0 Å². The molecule has 0 radical (unpaired) electrons. The second-order valence-electron chi connectivity index (χ2n) is 6.44. The minimum Gasteiger partial charge on any atom is -0.325 e. The number of amides is 2. The predicted octanol–water partition coefficient (Wildman–Crippen LogP) is 5.82. The monoisotopic (exact) mass is 531 g/mol. The van der Waals surface area contributed by atoms with Crippen LogP contribution in [0, 0.1) is 0 Å². The fraction of sp³-hybridized carbons (Fsp3) is 0.200. The molecular formula is C20H17Cl4N5O2S. The summed E-state index contributed by atoms with van der Waals surface area (Å²) in [6.07, 6.45) is -0.0142. The van der Waals surface area contributed by atoms with Crippen molar-refractivity contribution in [1.29, 1.82) is 0 Å². The molecule has 0 unspecified atom stereocenters. The van der Waals surface area contributed by atoms with Crippen LogP contribution in [0.15, 0.2) is 41.6 Å². The molecule has 0 aliphatic heterocycles. The van der Waals surface area contributed by atoms with Gasteiger partial charge in [-0.05, 0) is 37.3 Å². The molecule has 0 bridgehead atoms. The second-order valence-corrected chi connectivity index (χ2v) is 8.98. The lowest BCUT2D eigenvalue weighted by Gasteiger charge is -2.10. The van der Waals surface area contributed by atoms with Crippen LogP contribution in [0.4, 0.5) is 11.4 Å². The van der Waals surface area contributed by atoms with Crippen molar-refractivity contribution in [1.82, 2.24) is 14.8 Å². The van der Waals surface area contributed by atoms with Gasteiger partial charge in [0.2, 0.25) is 11.8 Å². The normalized spacial score (nSPS) is 10.8. The first-order valence-electron chi connectivity index (χ1n) is 9.32. The zero-order valence-electron chi connectivity index (χ0n) is 16.7. The molecule has 3 rings (SSSR count). The summed E-state index contributed by atoms with van der Waals surface area (Å²) in [4.78, 5) is 24.7. The molecule has 0 aliphatic carbocycles. The number of anilines is 2. The minimum atomic E-state index is -0.315. The Kier molecular flexibility index (Phi) is 8.67. The van der Waals surface area contributed by atoms with Gasteiger partial charge in [-0.1, -0.05) is 64.2 Å². The molecule has 1 heterocycles. The van der Waals surface area contributed by atoms with E-state index in [9.17, 15) is 9.59 Å². The molecular weight excluding hydrogens is 516 g/mol. The molecule has 0 saturated carbocycles. The minimum absolute atomic E-state index is 0.0142. The van der Waals surface area contributed by atoms with E-state index in [-0.39, 0.29) is 29.0 Å². The number of rotatable bonds is 8. The third-order valence-electron chi connectivity index (χ3n) is 4.19. The molecule has 0 spiro atoms. The number of carbonyl (C=O) groups is 2. The van der Waals surface area contributed by atoms with Gasteiger partial charge >= 0.3 is 0 Å². The summed E-state index contributed by atoms with van der Waals surface area (Å²) in [7, 11) is 0. The number of nitrogens with one attached hydrogen (secondary N) is 2. The number of halogens is 4. The van der Waals surface area contributed by atoms with Crippen LogP contribution in [-0.4, -0.2) is 32.3 Å². The van der Waals surface area contributed by atoms with E-state index in [0.29, 0.717) is 44.0 Å². The zero-order valence-corrected chi connectivity index (χ0v) is 20.5. The van der Waals surface area contributed by atoms with Crippen LogP contribution in [0.1, 0.15) is 12.7 Å². The molecule has 0 fully saturated rings. The smallest absolute Gasteiger partial charge is 0.234 e. The van der Waals surface area contributed by atoms with Crippen LogP contribution < -0.4 is 10.6 Å². The lowest BCUT2D eigenvalue weighted by atomic mass is 10.3. The summed E-state index contributed by atoms with van der Waals surface area (Å²) < 4.78 is 1.77. The molecule has 3 aromatic rings. The highest BCUT2D eigenvalue weighted by Crippen LogP contribution is 2.29. The Labute approximate surface area is 208 Å². The van der Waals surface area contributed by atoms with Gasteiger partial charge in [0.1, 0.15) is 5.82 Å². The average molecular weight is 533 g/mol. The van der Waals surface area contributed by atoms with Crippen molar-refractivity contribution in [3.05, 3.63) is 62.3 Å². The Morgan fingerprint density at radius 3 is 2.47 bits per heavy atom. The molecule has 2 aromatic carbocycles. The van der Waals surface area contributed by atoms with Crippen molar-refractivity contribution in [2.24, 2.45) is 0 Å². The van der Waals surface area contributed by atoms with Crippen molar-refractivity contribution in [3.63, 3.8) is 0 Å². The van der Waals surface area contributed by atoms with E-state index < -0.39 is 0 Å². The SMILES string of the molecule is CCn1c(CC(=O)Nc2cccc(Cl)c2Cl)nnc1SCC(=O)Nc1ccc(Cl)c(Cl)c1. The maximum Gasteiger partial charge on any atom is 0.234 e. The molecule has 2 amide bonds. The third kappa shape index (κ3) is 6.30. The molecule has 0 atom stereocenters. The number of nitrogens with zero attached hydrogens (tertiary/aromatic N) is 3. The maximum absolute atomic E-state index is 12.5. The highest BCUT2D eigenvalue weighted by Gasteiger charge is 2.17. The number of aromatic nitrogens is 3. The van der Waals surface area contributed by atoms with E-state index in [2.05, 4.69) is 20.8 Å². The van der Waals surface area contributed by atoms with E-state index in [4.69, 9.17) is 46.4 Å². The van der Waals surface area contributed by atoms with E-state index in [1.54, 1.807) is 41.0 Å². The Morgan fingerprint density at radius 1 is 0.969 bits per heavy atom. The molecule has 168 valence electrons. The third-order valence-corrected chi connectivity index (χ3v) is 6.71. The number of carbonyl (C=O) groups excluding carboxylic acids is 2. The van der Waals surface area contributed by atoms with Crippen molar-refractivity contribution in [3.8, 4) is 0 Å².